The van der Waals surface area contributed by atoms with Crippen molar-refractivity contribution in [3.63, 3.8) is 0 Å². The van der Waals surface area contributed by atoms with E-state index >= 15 is 0 Å². The first-order valence-corrected chi connectivity index (χ1v) is 4.79. The third kappa shape index (κ3) is 1.66. The number of rotatable bonds is 2. The monoisotopic (exact) mass is 210 g/mol. The summed E-state index contributed by atoms with van der Waals surface area (Å²) in [4.78, 5) is 11.0. The van der Waals surface area contributed by atoms with Gasteiger partial charge in [0.05, 0.1) is 5.54 Å². The molecule has 13 heavy (non-hydrogen) atoms. The molecule has 1 aliphatic heterocycles. The van der Waals surface area contributed by atoms with Crippen LogP contribution in [0.2, 0.25) is 0 Å². The quantitative estimate of drug-likeness (QED) is 0.431. The minimum Gasteiger partial charge on any atom is -0.318 e. The molecule has 3 N–H and O–H groups in total. The molecular weight excluding hydrogens is 200 g/mol. The fraction of sp³-hybridized carbons (Fsp3) is 0.800. The number of hydrogen-bond acceptors (Lipinski definition) is 5. The standard InChI is InChI=1S/C5H10N2O5S/c1-5(2)3(6)4(8)7(5)12-13(9,10)11/h3H,6H2,1-2H3,(H,9,10,11). The van der Waals surface area contributed by atoms with Crippen LogP contribution in [0.1, 0.15) is 13.8 Å². The summed E-state index contributed by atoms with van der Waals surface area (Å²) >= 11 is 0. The van der Waals surface area contributed by atoms with Crippen molar-refractivity contribution in [3.05, 3.63) is 0 Å². The van der Waals surface area contributed by atoms with E-state index in [0.717, 1.165) is 0 Å². The number of amides is 1. The molecule has 0 spiro atoms. The van der Waals surface area contributed by atoms with Gasteiger partial charge in [-0.15, -0.1) is 4.28 Å². The lowest BCUT2D eigenvalue weighted by Crippen LogP contribution is -2.74. The van der Waals surface area contributed by atoms with Crippen LogP contribution in [0.5, 0.6) is 0 Å². The molecule has 1 rings (SSSR count). The van der Waals surface area contributed by atoms with Crippen molar-refractivity contribution in [2.45, 2.75) is 25.4 Å². The topological polar surface area (TPSA) is 110 Å². The van der Waals surface area contributed by atoms with Gasteiger partial charge in [-0.1, -0.05) is 0 Å². The largest absolute Gasteiger partial charge is 0.418 e. The molecule has 8 heteroatoms. The summed E-state index contributed by atoms with van der Waals surface area (Å²) in [6, 6.07) is -0.811. The molecule has 1 amide bonds. The Morgan fingerprint density at radius 3 is 2.38 bits per heavy atom. The van der Waals surface area contributed by atoms with Crippen molar-refractivity contribution in [1.29, 1.82) is 0 Å². The average molecular weight is 210 g/mol. The van der Waals surface area contributed by atoms with Gasteiger partial charge in [-0.05, 0) is 13.8 Å². The zero-order valence-corrected chi connectivity index (χ0v) is 7.91. The van der Waals surface area contributed by atoms with E-state index in [2.05, 4.69) is 4.28 Å². The Bertz CT molecular complexity index is 335. The Balaban J connectivity index is 2.80. The van der Waals surface area contributed by atoms with Crippen LogP contribution in [-0.2, 0) is 19.5 Å². The van der Waals surface area contributed by atoms with Gasteiger partial charge in [0.25, 0.3) is 5.91 Å². The summed E-state index contributed by atoms with van der Waals surface area (Å²) in [5.41, 5.74) is 4.44. The molecule has 0 saturated carbocycles. The maximum Gasteiger partial charge on any atom is 0.418 e. The highest BCUT2D eigenvalue weighted by molar-refractivity contribution is 7.80. The second-order valence-corrected chi connectivity index (χ2v) is 4.27. The van der Waals surface area contributed by atoms with Crippen molar-refractivity contribution < 1.29 is 22.0 Å². The lowest BCUT2D eigenvalue weighted by molar-refractivity contribution is -0.214. The van der Waals surface area contributed by atoms with E-state index < -0.39 is 27.9 Å². The minimum absolute atomic E-state index is 0.535. The van der Waals surface area contributed by atoms with Gasteiger partial charge in [0.2, 0.25) is 0 Å². The van der Waals surface area contributed by atoms with Gasteiger partial charge in [-0.25, -0.2) is 0 Å². The van der Waals surface area contributed by atoms with Gasteiger partial charge in [0, 0.05) is 0 Å². The van der Waals surface area contributed by atoms with Gasteiger partial charge in [0.15, 0.2) is 0 Å². The highest BCUT2D eigenvalue weighted by atomic mass is 32.3. The van der Waals surface area contributed by atoms with Crippen molar-refractivity contribution in [3.8, 4) is 0 Å². The van der Waals surface area contributed by atoms with E-state index in [9.17, 15) is 13.2 Å². The average Bonchev–Trinajstić information content (AvgIpc) is 1.96. The Kier molecular flexibility index (Phi) is 2.11. The molecule has 0 aliphatic carbocycles. The van der Waals surface area contributed by atoms with Gasteiger partial charge < -0.3 is 5.73 Å². The third-order valence-electron chi connectivity index (χ3n) is 1.92. The van der Waals surface area contributed by atoms with Crippen molar-refractivity contribution >= 4 is 16.3 Å². The summed E-state index contributed by atoms with van der Waals surface area (Å²) < 4.78 is 32.9. The first-order valence-electron chi connectivity index (χ1n) is 3.43. The van der Waals surface area contributed by atoms with Crippen molar-refractivity contribution in [1.82, 2.24) is 5.06 Å². The van der Waals surface area contributed by atoms with Crippen LogP contribution in [0.4, 0.5) is 0 Å². The van der Waals surface area contributed by atoms with Crippen molar-refractivity contribution in [2.24, 2.45) is 5.73 Å². The molecule has 0 aromatic rings. The summed E-state index contributed by atoms with van der Waals surface area (Å²) in [7, 11) is -4.66. The number of nitrogens with two attached hydrogens (primary N) is 1. The van der Waals surface area contributed by atoms with Crippen molar-refractivity contribution in [2.75, 3.05) is 0 Å². The molecular formula is C5H10N2O5S. The number of β-lactam (4-membered cyclic amide) rings is 1. The summed E-state index contributed by atoms with van der Waals surface area (Å²) in [5, 5.41) is 0.535. The Morgan fingerprint density at radius 1 is 1.62 bits per heavy atom. The van der Waals surface area contributed by atoms with Crippen LogP contribution in [0.3, 0.4) is 0 Å². The highest BCUT2D eigenvalue weighted by Crippen LogP contribution is 2.30. The predicted octanol–water partition coefficient (Wildman–Crippen LogP) is -1.33. The highest BCUT2D eigenvalue weighted by Gasteiger charge is 2.55. The molecule has 1 saturated heterocycles. The number of hydroxylamine groups is 2. The van der Waals surface area contributed by atoms with E-state index in [4.69, 9.17) is 10.3 Å². The number of hydrogen-bond donors (Lipinski definition) is 2. The molecule has 0 bridgehead atoms. The van der Waals surface area contributed by atoms with Crippen LogP contribution in [-0.4, -0.2) is 35.5 Å². The smallest absolute Gasteiger partial charge is 0.318 e. The minimum atomic E-state index is -4.66. The Morgan fingerprint density at radius 2 is 2.08 bits per heavy atom. The van der Waals surface area contributed by atoms with Crippen LogP contribution in [0.15, 0.2) is 0 Å². The SMILES string of the molecule is CC1(C)C(N)C(=O)N1OS(=O)(=O)O. The summed E-state index contributed by atoms with van der Waals surface area (Å²) in [6.07, 6.45) is 0. The fourth-order valence-electron chi connectivity index (χ4n) is 1.000. The van der Waals surface area contributed by atoms with E-state index in [1.807, 2.05) is 0 Å². The lowest BCUT2D eigenvalue weighted by atomic mass is 9.86. The summed E-state index contributed by atoms with van der Waals surface area (Å²) in [6.45, 7) is 3.04. The first-order chi connectivity index (χ1) is 5.66. The van der Waals surface area contributed by atoms with Gasteiger partial charge in [-0.2, -0.15) is 13.5 Å². The summed E-state index contributed by atoms with van der Waals surface area (Å²) in [5.74, 6) is -0.678. The van der Waals surface area contributed by atoms with Crippen LogP contribution in [0, 0.1) is 0 Å². The molecule has 1 unspecified atom stereocenters. The third-order valence-corrected chi connectivity index (χ3v) is 2.26. The molecule has 1 aliphatic rings. The molecule has 1 fully saturated rings. The normalized spacial score (nSPS) is 27.2. The van der Waals surface area contributed by atoms with Gasteiger partial charge in [0.1, 0.15) is 6.04 Å². The fourth-order valence-corrected chi connectivity index (χ4v) is 1.45. The van der Waals surface area contributed by atoms with E-state index in [1.54, 1.807) is 0 Å². The second-order valence-electron chi connectivity index (χ2n) is 3.27. The number of carbonyl (C=O) groups is 1. The van der Waals surface area contributed by atoms with Gasteiger partial charge in [-0.3, -0.25) is 9.35 Å². The molecule has 0 radical (unpaired) electrons. The molecule has 0 aromatic carbocycles. The van der Waals surface area contributed by atoms with E-state index in [-0.39, 0.29) is 0 Å². The molecule has 0 aromatic heterocycles. The molecule has 1 heterocycles. The van der Waals surface area contributed by atoms with Gasteiger partial charge >= 0.3 is 10.4 Å². The Labute approximate surface area is 75.4 Å². The van der Waals surface area contributed by atoms with E-state index in [0.29, 0.717) is 5.06 Å². The molecule has 76 valence electrons. The van der Waals surface area contributed by atoms with Crippen LogP contribution in [0.25, 0.3) is 0 Å². The zero-order chi connectivity index (χ0) is 10.4. The maximum absolute atomic E-state index is 11.0. The van der Waals surface area contributed by atoms with Crippen LogP contribution >= 0.6 is 0 Å². The molecule has 7 nitrogen and oxygen atoms in total. The number of carbonyl (C=O) groups excluding carboxylic acids is 1. The van der Waals surface area contributed by atoms with Crippen LogP contribution < -0.4 is 5.73 Å². The zero-order valence-electron chi connectivity index (χ0n) is 7.09. The lowest BCUT2D eigenvalue weighted by Gasteiger charge is -2.48. The molecule has 1 atom stereocenters. The van der Waals surface area contributed by atoms with E-state index in [1.165, 1.54) is 13.8 Å². The second kappa shape index (κ2) is 2.64. The maximum atomic E-state index is 11.0. The predicted molar refractivity (Wildman–Crippen MR) is 41.5 cm³/mol. The first kappa shape index (κ1) is 10.4. The number of nitrogens with zero attached hydrogens (tertiary/aromatic N) is 1. The Hall–Kier alpha value is -0.700.